The molecule has 35 heavy (non-hydrogen) atoms. The summed E-state index contributed by atoms with van der Waals surface area (Å²) in [6.07, 6.45) is 18.6. The predicted molar refractivity (Wildman–Crippen MR) is 147 cm³/mol. The van der Waals surface area contributed by atoms with Crippen molar-refractivity contribution in [2.75, 3.05) is 19.7 Å². The highest BCUT2D eigenvalue weighted by atomic mass is 16.5. The van der Waals surface area contributed by atoms with Crippen molar-refractivity contribution < 1.29 is 9.84 Å². The lowest BCUT2D eigenvalue weighted by Crippen LogP contribution is -2.50. The first-order valence-electron chi connectivity index (χ1n) is 15.6. The van der Waals surface area contributed by atoms with Crippen LogP contribution in [0.4, 0.5) is 0 Å². The molecule has 0 spiro atoms. The topological polar surface area (TPSA) is 32.7 Å². The SMILES string of the molecule is C=C(OCCCC1CCC(C)[C@@H]2C[C@H](CC)[C@@H]3CCCC[C@]3(C)[C@H]2CC[C@@H]1C)N1CCC(O)CC1. The third-order valence-electron chi connectivity index (χ3n) is 11.6. The first-order chi connectivity index (χ1) is 16.8. The Labute approximate surface area is 217 Å². The number of likely N-dealkylation sites (tertiary alicyclic amines) is 1. The van der Waals surface area contributed by atoms with Gasteiger partial charge in [0.2, 0.25) is 0 Å². The molecular weight excluding hydrogens is 430 g/mol. The number of hydrogen-bond acceptors (Lipinski definition) is 3. The van der Waals surface area contributed by atoms with E-state index in [1.807, 2.05) is 0 Å². The van der Waals surface area contributed by atoms with Crippen LogP contribution in [0.15, 0.2) is 12.5 Å². The number of nitrogens with zero attached hydrogens (tertiary/aromatic N) is 1. The van der Waals surface area contributed by atoms with Crippen molar-refractivity contribution in [1.82, 2.24) is 4.90 Å². The molecule has 202 valence electrons. The molecule has 1 aliphatic heterocycles. The number of aliphatic hydroxyl groups excluding tert-OH is 1. The van der Waals surface area contributed by atoms with Crippen molar-refractivity contribution in [2.24, 2.45) is 46.8 Å². The average Bonchev–Trinajstić information content (AvgIpc) is 2.91. The Morgan fingerprint density at radius 3 is 2.43 bits per heavy atom. The van der Waals surface area contributed by atoms with Gasteiger partial charge in [0, 0.05) is 13.1 Å². The van der Waals surface area contributed by atoms with Crippen LogP contribution in [0.5, 0.6) is 0 Å². The standard InChI is InChI=1S/C32H57NO2/c1-6-26-22-29-24(3)12-14-27(10-9-21-35-25(4)33-19-16-28(34)17-20-33)23(2)13-15-31(29)32(5)18-8-7-11-30(26)32/h23-24,26-31,34H,4,6-22H2,1-3,5H3/t23-,24?,26-,27?,29-,30-,31-,32-/m0/s1. The summed E-state index contributed by atoms with van der Waals surface area (Å²) in [6.45, 7) is 17.1. The number of ether oxygens (including phenoxy) is 1. The fraction of sp³-hybridized carbons (Fsp3) is 0.938. The monoisotopic (exact) mass is 487 g/mol. The number of hydrogen-bond donors (Lipinski definition) is 1. The summed E-state index contributed by atoms with van der Waals surface area (Å²) in [5.41, 5.74) is 0.606. The van der Waals surface area contributed by atoms with Gasteiger partial charge < -0.3 is 14.7 Å². The zero-order valence-electron chi connectivity index (χ0n) is 23.6. The van der Waals surface area contributed by atoms with Crippen LogP contribution in [0.1, 0.15) is 118 Å². The summed E-state index contributed by atoms with van der Waals surface area (Å²) in [5.74, 6) is 7.27. The van der Waals surface area contributed by atoms with E-state index in [1.165, 1.54) is 70.6 Å². The molecule has 1 heterocycles. The van der Waals surface area contributed by atoms with E-state index >= 15 is 0 Å². The molecule has 0 aromatic rings. The van der Waals surface area contributed by atoms with Crippen LogP contribution < -0.4 is 0 Å². The van der Waals surface area contributed by atoms with Gasteiger partial charge >= 0.3 is 0 Å². The highest BCUT2D eigenvalue weighted by molar-refractivity contribution is 5.02. The Kier molecular flexibility index (Phi) is 9.55. The minimum atomic E-state index is -0.144. The molecule has 4 rings (SSSR count). The van der Waals surface area contributed by atoms with Crippen molar-refractivity contribution >= 4 is 0 Å². The maximum Gasteiger partial charge on any atom is 0.181 e. The zero-order chi connectivity index (χ0) is 25.0. The molecule has 4 fully saturated rings. The summed E-state index contributed by atoms with van der Waals surface area (Å²) in [4.78, 5) is 2.21. The van der Waals surface area contributed by atoms with E-state index in [2.05, 4.69) is 39.2 Å². The van der Waals surface area contributed by atoms with Crippen LogP contribution in [0.25, 0.3) is 0 Å². The molecule has 0 aromatic carbocycles. The second kappa shape index (κ2) is 12.2. The van der Waals surface area contributed by atoms with E-state index in [0.29, 0.717) is 5.41 Å². The van der Waals surface area contributed by atoms with Crippen LogP contribution in [-0.2, 0) is 4.74 Å². The van der Waals surface area contributed by atoms with E-state index in [9.17, 15) is 5.11 Å². The first-order valence-corrected chi connectivity index (χ1v) is 15.6. The smallest absolute Gasteiger partial charge is 0.181 e. The quantitative estimate of drug-likeness (QED) is 0.291. The van der Waals surface area contributed by atoms with Crippen molar-refractivity contribution in [3.63, 3.8) is 0 Å². The molecule has 3 saturated carbocycles. The maximum absolute atomic E-state index is 9.74. The summed E-state index contributed by atoms with van der Waals surface area (Å²) >= 11 is 0. The van der Waals surface area contributed by atoms with Gasteiger partial charge in [-0.05, 0) is 111 Å². The zero-order valence-corrected chi connectivity index (χ0v) is 23.6. The van der Waals surface area contributed by atoms with Gasteiger partial charge in [-0.25, -0.2) is 0 Å². The molecule has 0 amide bonds. The molecule has 1 N–H and O–H groups in total. The lowest BCUT2D eigenvalue weighted by Gasteiger charge is -2.58. The second-order valence-corrected chi connectivity index (χ2v) is 13.5. The fourth-order valence-electron chi connectivity index (χ4n) is 9.24. The largest absolute Gasteiger partial charge is 0.479 e. The van der Waals surface area contributed by atoms with Crippen molar-refractivity contribution in [3.05, 3.63) is 12.5 Å². The third-order valence-corrected chi connectivity index (χ3v) is 11.6. The van der Waals surface area contributed by atoms with Crippen LogP contribution >= 0.6 is 0 Å². The Balaban J connectivity index is 1.31. The Bertz CT molecular complexity index is 670. The molecule has 3 heteroatoms. The van der Waals surface area contributed by atoms with E-state index < -0.39 is 0 Å². The molecule has 0 radical (unpaired) electrons. The molecular formula is C32H57NO2. The molecule has 3 nitrogen and oxygen atoms in total. The summed E-state index contributed by atoms with van der Waals surface area (Å²) in [6, 6.07) is 0. The lowest BCUT2D eigenvalue weighted by molar-refractivity contribution is -0.0913. The van der Waals surface area contributed by atoms with Gasteiger partial charge in [-0.1, -0.05) is 59.8 Å². The summed E-state index contributed by atoms with van der Waals surface area (Å²) in [5, 5.41) is 9.74. The van der Waals surface area contributed by atoms with E-state index in [4.69, 9.17) is 4.74 Å². The Hall–Kier alpha value is -0.700. The molecule has 1 saturated heterocycles. The fourth-order valence-corrected chi connectivity index (χ4v) is 9.24. The molecule has 2 unspecified atom stereocenters. The van der Waals surface area contributed by atoms with Crippen molar-refractivity contribution in [2.45, 2.75) is 124 Å². The van der Waals surface area contributed by atoms with Crippen molar-refractivity contribution in [3.8, 4) is 0 Å². The Morgan fingerprint density at radius 2 is 1.69 bits per heavy atom. The van der Waals surface area contributed by atoms with Gasteiger partial charge in [0.05, 0.1) is 12.7 Å². The molecule has 8 atom stereocenters. The van der Waals surface area contributed by atoms with Crippen LogP contribution in [0, 0.1) is 46.8 Å². The van der Waals surface area contributed by atoms with E-state index in [-0.39, 0.29) is 6.10 Å². The van der Waals surface area contributed by atoms with Crippen LogP contribution in [-0.4, -0.2) is 35.8 Å². The van der Waals surface area contributed by atoms with Gasteiger partial charge in [-0.15, -0.1) is 0 Å². The van der Waals surface area contributed by atoms with Crippen molar-refractivity contribution in [1.29, 1.82) is 0 Å². The van der Waals surface area contributed by atoms with Gasteiger partial charge in [-0.3, -0.25) is 0 Å². The molecule has 0 aromatic heterocycles. The van der Waals surface area contributed by atoms with Gasteiger partial charge in [0.15, 0.2) is 5.88 Å². The second-order valence-electron chi connectivity index (χ2n) is 13.5. The first kappa shape index (κ1) is 27.3. The summed E-state index contributed by atoms with van der Waals surface area (Å²) < 4.78 is 6.07. The van der Waals surface area contributed by atoms with Crippen LogP contribution in [0.3, 0.4) is 0 Å². The predicted octanol–water partition coefficient (Wildman–Crippen LogP) is 8.03. The van der Waals surface area contributed by atoms with Crippen LogP contribution in [0.2, 0.25) is 0 Å². The number of rotatable bonds is 7. The van der Waals surface area contributed by atoms with Gasteiger partial charge in [-0.2, -0.15) is 0 Å². The highest BCUT2D eigenvalue weighted by Gasteiger charge is 2.53. The lowest BCUT2D eigenvalue weighted by atomic mass is 9.47. The minimum absolute atomic E-state index is 0.144. The molecule has 3 aliphatic carbocycles. The number of piperidine rings is 1. The molecule has 0 bridgehead atoms. The van der Waals surface area contributed by atoms with E-state index in [0.717, 1.165) is 86.3 Å². The summed E-state index contributed by atoms with van der Waals surface area (Å²) in [7, 11) is 0. The number of fused-ring (bicyclic) bond motifs is 3. The highest BCUT2D eigenvalue weighted by Crippen LogP contribution is 2.61. The van der Waals surface area contributed by atoms with Gasteiger partial charge in [0.1, 0.15) is 0 Å². The maximum atomic E-state index is 9.74. The van der Waals surface area contributed by atoms with Gasteiger partial charge in [0.25, 0.3) is 0 Å². The Morgan fingerprint density at radius 1 is 0.943 bits per heavy atom. The normalized spacial score (nSPS) is 41.2. The minimum Gasteiger partial charge on any atom is -0.479 e. The molecule has 4 aliphatic rings. The third kappa shape index (κ3) is 6.24. The number of aliphatic hydroxyl groups is 1. The average molecular weight is 488 g/mol. The van der Waals surface area contributed by atoms with E-state index in [1.54, 1.807) is 0 Å².